The van der Waals surface area contributed by atoms with Gasteiger partial charge in [-0.05, 0) is 38.8 Å². The maximum absolute atomic E-state index is 6.22. The van der Waals surface area contributed by atoms with Crippen molar-refractivity contribution in [2.24, 2.45) is 5.73 Å². The Bertz CT molecular complexity index is 494. The lowest BCUT2D eigenvalue weighted by Gasteiger charge is -2.31. The van der Waals surface area contributed by atoms with Crippen molar-refractivity contribution >= 4 is 0 Å². The third-order valence-electron chi connectivity index (χ3n) is 4.49. The van der Waals surface area contributed by atoms with Crippen LogP contribution in [0.25, 0.3) is 0 Å². The summed E-state index contributed by atoms with van der Waals surface area (Å²) >= 11 is 0. The molecule has 0 radical (unpaired) electrons. The number of hydrogen-bond donors (Lipinski definition) is 1. The van der Waals surface area contributed by atoms with E-state index in [1.807, 2.05) is 0 Å². The highest BCUT2D eigenvalue weighted by Crippen LogP contribution is 2.43. The van der Waals surface area contributed by atoms with Gasteiger partial charge >= 0.3 is 0 Å². The summed E-state index contributed by atoms with van der Waals surface area (Å²) in [7, 11) is 0. The molecule has 0 amide bonds. The Kier molecular flexibility index (Phi) is 3.51. The molecular weight excluding hydrogens is 248 g/mol. The van der Waals surface area contributed by atoms with Crippen LogP contribution in [0, 0.1) is 0 Å². The summed E-state index contributed by atoms with van der Waals surface area (Å²) < 4.78 is 6.22. The Hall–Kier alpha value is -1.06. The van der Waals surface area contributed by atoms with E-state index in [1.165, 1.54) is 24.0 Å². The average molecular weight is 274 g/mol. The number of para-hydroxylation sites is 1. The van der Waals surface area contributed by atoms with Crippen molar-refractivity contribution in [1.82, 2.24) is 4.90 Å². The van der Waals surface area contributed by atoms with Crippen LogP contribution in [0.15, 0.2) is 18.2 Å². The van der Waals surface area contributed by atoms with E-state index in [2.05, 4.69) is 43.9 Å². The van der Waals surface area contributed by atoms with Crippen LogP contribution in [0.2, 0.25) is 0 Å². The molecule has 0 saturated heterocycles. The molecular formula is C17H26N2O. The first-order valence-corrected chi connectivity index (χ1v) is 7.82. The lowest BCUT2D eigenvalue weighted by atomic mass is 9.97. The van der Waals surface area contributed by atoms with Crippen molar-refractivity contribution in [2.75, 3.05) is 13.1 Å². The van der Waals surface area contributed by atoms with E-state index in [0.717, 1.165) is 24.8 Å². The number of ether oxygens (including phenoxy) is 1. The lowest BCUT2D eigenvalue weighted by Crippen LogP contribution is -2.35. The van der Waals surface area contributed by atoms with Crippen molar-refractivity contribution in [3.8, 4) is 5.75 Å². The summed E-state index contributed by atoms with van der Waals surface area (Å²) in [4.78, 5) is 2.55. The molecule has 1 heterocycles. The van der Waals surface area contributed by atoms with Gasteiger partial charge in [-0.2, -0.15) is 0 Å². The van der Waals surface area contributed by atoms with Gasteiger partial charge in [0, 0.05) is 24.6 Å². The van der Waals surface area contributed by atoms with Gasteiger partial charge in [0.15, 0.2) is 0 Å². The second-order valence-corrected chi connectivity index (χ2v) is 6.69. The molecule has 110 valence electrons. The highest BCUT2D eigenvalue weighted by Gasteiger charge is 2.37. The van der Waals surface area contributed by atoms with Crippen LogP contribution in [-0.2, 0) is 6.42 Å². The summed E-state index contributed by atoms with van der Waals surface area (Å²) in [6, 6.07) is 7.55. The molecule has 0 spiro atoms. The van der Waals surface area contributed by atoms with E-state index in [4.69, 9.17) is 10.5 Å². The van der Waals surface area contributed by atoms with Gasteiger partial charge in [0.2, 0.25) is 0 Å². The SMILES string of the molecule is CCN(C1CC1)C(CN)c1cccc2c1OC(C)(C)C2. The largest absolute Gasteiger partial charge is 0.487 e. The van der Waals surface area contributed by atoms with Crippen LogP contribution >= 0.6 is 0 Å². The summed E-state index contributed by atoms with van der Waals surface area (Å²) in [6.07, 6.45) is 3.61. The van der Waals surface area contributed by atoms with Gasteiger partial charge in [-0.3, -0.25) is 4.90 Å². The molecule has 1 aliphatic heterocycles. The number of benzene rings is 1. The Morgan fingerprint density at radius 3 is 2.75 bits per heavy atom. The van der Waals surface area contributed by atoms with Gasteiger partial charge in [0.1, 0.15) is 11.4 Å². The maximum atomic E-state index is 6.22. The number of rotatable bonds is 5. The third-order valence-corrected chi connectivity index (χ3v) is 4.49. The minimum Gasteiger partial charge on any atom is -0.487 e. The Morgan fingerprint density at radius 1 is 1.40 bits per heavy atom. The quantitative estimate of drug-likeness (QED) is 0.897. The standard InChI is InChI=1S/C17H26N2O/c1-4-19(13-8-9-13)15(11-18)14-7-5-6-12-10-17(2,3)20-16(12)14/h5-7,13,15H,4,8-11,18H2,1-3H3. The van der Waals surface area contributed by atoms with E-state index in [9.17, 15) is 0 Å². The summed E-state index contributed by atoms with van der Waals surface area (Å²) in [5.74, 6) is 1.09. The molecule has 1 aliphatic carbocycles. The molecule has 1 atom stereocenters. The van der Waals surface area contributed by atoms with E-state index in [-0.39, 0.29) is 11.6 Å². The highest BCUT2D eigenvalue weighted by molar-refractivity contribution is 5.47. The number of nitrogens with zero attached hydrogens (tertiary/aromatic N) is 1. The van der Waals surface area contributed by atoms with E-state index < -0.39 is 0 Å². The molecule has 1 unspecified atom stereocenters. The molecule has 2 aliphatic rings. The van der Waals surface area contributed by atoms with Gasteiger partial charge in [-0.15, -0.1) is 0 Å². The van der Waals surface area contributed by atoms with Crippen LogP contribution in [0.4, 0.5) is 0 Å². The normalized spacial score (nSPS) is 21.6. The fraction of sp³-hybridized carbons (Fsp3) is 0.647. The fourth-order valence-corrected chi connectivity index (χ4v) is 3.48. The molecule has 1 aromatic carbocycles. The van der Waals surface area contributed by atoms with Crippen LogP contribution in [0.1, 0.15) is 50.8 Å². The second kappa shape index (κ2) is 5.05. The molecule has 1 aromatic rings. The first-order valence-electron chi connectivity index (χ1n) is 7.82. The molecule has 3 heteroatoms. The number of nitrogens with two attached hydrogens (primary N) is 1. The van der Waals surface area contributed by atoms with Crippen molar-refractivity contribution < 1.29 is 4.74 Å². The van der Waals surface area contributed by atoms with Crippen LogP contribution in [0.5, 0.6) is 5.75 Å². The Balaban J connectivity index is 1.95. The molecule has 20 heavy (non-hydrogen) atoms. The maximum Gasteiger partial charge on any atom is 0.128 e. The van der Waals surface area contributed by atoms with Crippen molar-refractivity contribution in [1.29, 1.82) is 0 Å². The van der Waals surface area contributed by atoms with Gasteiger partial charge in [0.05, 0.1) is 6.04 Å². The zero-order valence-corrected chi connectivity index (χ0v) is 12.9. The zero-order chi connectivity index (χ0) is 14.3. The molecule has 1 saturated carbocycles. The molecule has 3 nitrogen and oxygen atoms in total. The average Bonchev–Trinajstić information content (AvgIpc) is 3.17. The van der Waals surface area contributed by atoms with Gasteiger partial charge in [-0.1, -0.05) is 25.1 Å². The monoisotopic (exact) mass is 274 g/mol. The first-order chi connectivity index (χ1) is 9.55. The predicted octanol–water partition coefficient (Wildman–Crippen LogP) is 2.88. The summed E-state index contributed by atoms with van der Waals surface area (Å²) in [6.45, 7) is 8.26. The highest BCUT2D eigenvalue weighted by atomic mass is 16.5. The van der Waals surface area contributed by atoms with E-state index in [0.29, 0.717) is 6.54 Å². The molecule has 0 bridgehead atoms. The van der Waals surface area contributed by atoms with Gasteiger partial charge in [0.25, 0.3) is 0 Å². The second-order valence-electron chi connectivity index (χ2n) is 6.69. The molecule has 0 aromatic heterocycles. The number of hydrogen-bond acceptors (Lipinski definition) is 3. The van der Waals surface area contributed by atoms with Crippen molar-refractivity contribution in [2.45, 2.75) is 57.7 Å². The van der Waals surface area contributed by atoms with E-state index >= 15 is 0 Å². The topological polar surface area (TPSA) is 38.5 Å². The number of likely N-dealkylation sites (N-methyl/N-ethyl adjacent to an activating group) is 1. The van der Waals surface area contributed by atoms with Crippen LogP contribution < -0.4 is 10.5 Å². The van der Waals surface area contributed by atoms with Crippen molar-refractivity contribution in [3.63, 3.8) is 0 Å². The Morgan fingerprint density at radius 2 is 2.15 bits per heavy atom. The first kappa shape index (κ1) is 13.9. The predicted molar refractivity (Wildman–Crippen MR) is 82.1 cm³/mol. The summed E-state index contributed by atoms with van der Waals surface area (Å²) in [5.41, 5.74) is 8.64. The van der Waals surface area contributed by atoms with Crippen molar-refractivity contribution in [3.05, 3.63) is 29.3 Å². The molecule has 1 fully saturated rings. The van der Waals surface area contributed by atoms with Crippen LogP contribution in [0.3, 0.4) is 0 Å². The minimum atomic E-state index is -0.0891. The summed E-state index contributed by atoms with van der Waals surface area (Å²) in [5, 5.41) is 0. The Labute approximate surface area is 122 Å². The zero-order valence-electron chi connectivity index (χ0n) is 12.9. The van der Waals surface area contributed by atoms with Gasteiger partial charge < -0.3 is 10.5 Å². The fourth-order valence-electron chi connectivity index (χ4n) is 3.48. The van der Waals surface area contributed by atoms with Gasteiger partial charge in [-0.25, -0.2) is 0 Å². The third kappa shape index (κ3) is 2.45. The number of fused-ring (bicyclic) bond motifs is 1. The van der Waals surface area contributed by atoms with E-state index in [1.54, 1.807) is 0 Å². The molecule has 3 rings (SSSR count). The smallest absolute Gasteiger partial charge is 0.128 e. The van der Waals surface area contributed by atoms with Crippen LogP contribution in [-0.4, -0.2) is 29.6 Å². The minimum absolute atomic E-state index is 0.0891. The lowest BCUT2D eigenvalue weighted by molar-refractivity contribution is 0.131. The molecule has 2 N–H and O–H groups in total.